The van der Waals surface area contributed by atoms with Gasteiger partial charge in [0, 0.05) is 0 Å². The average molecular weight is 219 g/mol. The molecule has 0 spiro atoms. The molecule has 1 aromatic rings. The standard InChI is InChI=1S/C10H12O2.ClH.H2O/c1-8(2)10(11)12-9-6-4-3-5-7-9;;/h3-8H,1-2H3;1H;1H2. The molecule has 0 aliphatic heterocycles. The van der Waals surface area contributed by atoms with E-state index >= 15 is 0 Å². The SMILES string of the molecule is CC(C)C(=O)Oc1ccccc1.Cl.O. The largest absolute Gasteiger partial charge is 0.426 e. The average Bonchev–Trinajstić information content (AvgIpc) is 2.06. The molecule has 0 aromatic heterocycles. The quantitative estimate of drug-likeness (QED) is 0.562. The third-order valence-electron chi connectivity index (χ3n) is 1.43. The van der Waals surface area contributed by atoms with Gasteiger partial charge in [-0.25, -0.2) is 0 Å². The fourth-order valence-corrected chi connectivity index (χ4v) is 0.723. The predicted octanol–water partition coefficient (Wildman–Crippen LogP) is 1.85. The van der Waals surface area contributed by atoms with Gasteiger partial charge < -0.3 is 10.2 Å². The maximum Gasteiger partial charge on any atom is 0.313 e. The lowest BCUT2D eigenvalue weighted by Crippen LogP contribution is -2.14. The minimum Gasteiger partial charge on any atom is -0.426 e. The summed E-state index contributed by atoms with van der Waals surface area (Å²) in [5.74, 6) is 0.336. The van der Waals surface area contributed by atoms with Gasteiger partial charge in [-0.1, -0.05) is 32.0 Å². The van der Waals surface area contributed by atoms with Crippen molar-refractivity contribution in [3.63, 3.8) is 0 Å². The number of hydrogen-bond acceptors (Lipinski definition) is 2. The van der Waals surface area contributed by atoms with E-state index in [0.717, 1.165) is 0 Å². The van der Waals surface area contributed by atoms with Gasteiger partial charge in [-0.15, -0.1) is 12.4 Å². The highest BCUT2D eigenvalue weighted by atomic mass is 35.5. The van der Waals surface area contributed by atoms with Crippen LogP contribution in [0.3, 0.4) is 0 Å². The van der Waals surface area contributed by atoms with Crippen LogP contribution in [0.2, 0.25) is 0 Å². The maximum atomic E-state index is 11.1. The van der Waals surface area contributed by atoms with E-state index in [0.29, 0.717) is 5.75 Å². The molecule has 2 N–H and O–H groups in total. The number of hydrogen-bond donors (Lipinski definition) is 0. The number of halogens is 1. The molecule has 0 saturated carbocycles. The van der Waals surface area contributed by atoms with Gasteiger partial charge in [0.2, 0.25) is 0 Å². The van der Waals surface area contributed by atoms with Crippen LogP contribution in [0.1, 0.15) is 13.8 Å². The van der Waals surface area contributed by atoms with E-state index in [2.05, 4.69) is 0 Å². The molecule has 0 atom stereocenters. The smallest absolute Gasteiger partial charge is 0.313 e. The first kappa shape index (κ1) is 15.4. The summed E-state index contributed by atoms with van der Waals surface area (Å²) in [4.78, 5) is 11.1. The van der Waals surface area contributed by atoms with Crippen molar-refractivity contribution in [2.75, 3.05) is 0 Å². The second kappa shape index (κ2) is 7.35. The first-order chi connectivity index (χ1) is 5.70. The van der Waals surface area contributed by atoms with E-state index in [1.807, 2.05) is 32.0 Å². The second-order valence-corrected chi connectivity index (χ2v) is 2.89. The van der Waals surface area contributed by atoms with Crippen LogP contribution in [0, 0.1) is 5.92 Å². The Morgan fingerprint density at radius 1 is 1.21 bits per heavy atom. The normalized spacial score (nSPS) is 8.50. The van der Waals surface area contributed by atoms with E-state index < -0.39 is 0 Å². The first-order valence-electron chi connectivity index (χ1n) is 3.97. The molecule has 0 saturated heterocycles. The number of benzene rings is 1. The number of para-hydroxylation sites is 1. The maximum absolute atomic E-state index is 11.1. The van der Waals surface area contributed by atoms with Crippen molar-refractivity contribution < 1.29 is 15.0 Å². The zero-order valence-corrected chi connectivity index (χ0v) is 9.01. The fourth-order valence-electron chi connectivity index (χ4n) is 0.723. The molecule has 1 aromatic carbocycles. The van der Waals surface area contributed by atoms with Crippen LogP contribution in [0.4, 0.5) is 0 Å². The van der Waals surface area contributed by atoms with Gasteiger partial charge in [0.1, 0.15) is 5.75 Å². The molecule has 0 bridgehead atoms. The Balaban J connectivity index is 0. The Hall–Kier alpha value is -1.06. The Morgan fingerprint density at radius 2 is 1.71 bits per heavy atom. The van der Waals surface area contributed by atoms with Crippen LogP contribution in [-0.2, 0) is 4.79 Å². The van der Waals surface area contributed by atoms with Crippen molar-refractivity contribution in [2.24, 2.45) is 5.92 Å². The molecular weight excluding hydrogens is 204 g/mol. The summed E-state index contributed by atoms with van der Waals surface area (Å²) in [6.07, 6.45) is 0. The van der Waals surface area contributed by atoms with E-state index in [1.54, 1.807) is 12.1 Å². The van der Waals surface area contributed by atoms with Crippen LogP contribution < -0.4 is 4.74 Å². The Bertz CT molecular complexity index is 259. The minimum absolute atomic E-state index is 0. The lowest BCUT2D eigenvalue weighted by atomic mass is 10.2. The van der Waals surface area contributed by atoms with Crippen LogP contribution in [-0.4, -0.2) is 11.4 Å². The highest BCUT2D eigenvalue weighted by Crippen LogP contribution is 2.10. The third-order valence-corrected chi connectivity index (χ3v) is 1.43. The molecule has 80 valence electrons. The molecule has 0 radical (unpaired) electrons. The van der Waals surface area contributed by atoms with Gasteiger partial charge in [-0.3, -0.25) is 4.79 Å². The zero-order chi connectivity index (χ0) is 8.97. The molecular formula is C10H15ClO3. The van der Waals surface area contributed by atoms with Crippen molar-refractivity contribution >= 4 is 18.4 Å². The Labute approximate surface area is 89.8 Å². The minimum atomic E-state index is -0.193. The lowest BCUT2D eigenvalue weighted by Gasteiger charge is -2.05. The number of ether oxygens (including phenoxy) is 1. The third kappa shape index (κ3) is 4.84. The highest BCUT2D eigenvalue weighted by Gasteiger charge is 2.08. The van der Waals surface area contributed by atoms with Crippen molar-refractivity contribution in [2.45, 2.75) is 13.8 Å². The summed E-state index contributed by atoms with van der Waals surface area (Å²) < 4.78 is 5.04. The van der Waals surface area contributed by atoms with Crippen LogP contribution in [0.25, 0.3) is 0 Å². The van der Waals surface area contributed by atoms with Crippen molar-refractivity contribution in [3.8, 4) is 5.75 Å². The molecule has 0 aliphatic rings. The van der Waals surface area contributed by atoms with Gasteiger partial charge in [-0.2, -0.15) is 0 Å². The molecule has 0 unspecified atom stereocenters. The summed E-state index contributed by atoms with van der Waals surface area (Å²) in [7, 11) is 0. The molecule has 0 amide bonds. The highest BCUT2D eigenvalue weighted by molar-refractivity contribution is 5.85. The van der Waals surface area contributed by atoms with Gasteiger partial charge >= 0.3 is 5.97 Å². The molecule has 3 nitrogen and oxygen atoms in total. The molecule has 1 rings (SSSR count). The van der Waals surface area contributed by atoms with Crippen LogP contribution in [0.15, 0.2) is 30.3 Å². The summed E-state index contributed by atoms with van der Waals surface area (Å²) >= 11 is 0. The molecule has 4 heteroatoms. The van der Waals surface area contributed by atoms with Crippen molar-refractivity contribution in [1.82, 2.24) is 0 Å². The fraction of sp³-hybridized carbons (Fsp3) is 0.300. The molecule has 0 aliphatic carbocycles. The van der Waals surface area contributed by atoms with Crippen molar-refractivity contribution in [1.29, 1.82) is 0 Å². The molecule has 0 fully saturated rings. The van der Waals surface area contributed by atoms with Crippen molar-refractivity contribution in [3.05, 3.63) is 30.3 Å². The van der Waals surface area contributed by atoms with Crippen LogP contribution >= 0.6 is 12.4 Å². The molecule has 14 heavy (non-hydrogen) atoms. The van der Waals surface area contributed by atoms with Gasteiger partial charge in [0.05, 0.1) is 5.92 Å². The Kier molecular flexibility index (Phi) is 8.10. The monoisotopic (exact) mass is 218 g/mol. The zero-order valence-electron chi connectivity index (χ0n) is 8.19. The first-order valence-corrected chi connectivity index (χ1v) is 3.97. The number of esters is 1. The second-order valence-electron chi connectivity index (χ2n) is 2.89. The van der Waals surface area contributed by atoms with E-state index in [-0.39, 0.29) is 29.8 Å². The van der Waals surface area contributed by atoms with Crippen LogP contribution in [0.5, 0.6) is 5.75 Å². The van der Waals surface area contributed by atoms with Gasteiger partial charge in [0.15, 0.2) is 0 Å². The summed E-state index contributed by atoms with van der Waals surface area (Å²) in [5.41, 5.74) is 0. The number of carbonyl (C=O) groups is 1. The summed E-state index contributed by atoms with van der Waals surface area (Å²) in [6.45, 7) is 3.62. The van der Waals surface area contributed by atoms with Gasteiger partial charge in [0.25, 0.3) is 0 Å². The summed E-state index contributed by atoms with van der Waals surface area (Å²) in [5, 5.41) is 0. The number of rotatable bonds is 2. The van der Waals surface area contributed by atoms with E-state index in [4.69, 9.17) is 4.74 Å². The lowest BCUT2D eigenvalue weighted by molar-refractivity contribution is -0.137. The number of carbonyl (C=O) groups excluding carboxylic acids is 1. The topological polar surface area (TPSA) is 57.8 Å². The van der Waals surface area contributed by atoms with E-state index in [9.17, 15) is 4.79 Å². The van der Waals surface area contributed by atoms with Gasteiger partial charge in [-0.05, 0) is 12.1 Å². The summed E-state index contributed by atoms with van der Waals surface area (Å²) in [6, 6.07) is 9.08. The molecule has 0 heterocycles. The predicted molar refractivity (Wildman–Crippen MR) is 57.8 cm³/mol. The Morgan fingerprint density at radius 3 is 2.14 bits per heavy atom. The van der Waals surface area contributed by atoms with E-state index in [1.165, 1.54) is 0 Å².